The second-order valence-electron chi connectivity index (χ2n) is 5.93. The number of nitrogens with zero attached hydrogens (tertiary/aromatic N) is 6. The number of thioether (sulfide) groups is 1. The molecule has 12 heteroatoms. The Morgan fingerprint density at radius 2 is 1.90 bits per heavy atom. The number of nitrogens with one attached hydrogen (secondary N) is 2. The molecule has 2 N–H and O–H groups in total. The van der Waals surface area contributed by atoms with Crippen LogP contribution >= 0.6 is 11.8 Å². The molecule has 0 atom stereocenters. The van der Waals surface area contributed by atoms with Crippen molar-refractivity contribution in [3.8, 4) is 5.75 Å². The van der Waals surface area contributed by atoms with Crippen molar-refractivity contribution in [2.75, 3.05) is 23.5 Å². The van der Waals surface area contributed by atoms with E-state index in [0.29, 0.717) is 34.5 Å². The van der Waals surface area contributed by atoms with Gasteiger partial charge in [0.25, 0.3) is 0 Å². The fourth-order valence-corrected chi connectivity index (χ4v) is 3.13. The minimum atomic E-state index is -0.232. The normalized spacial score (nSPS) is 10.6. The van der Waals surface area contributed by atoms with Gasteiger partial charge in [-0.25, -0.2) is 4.68 Å². The smallest absolute Gasteiger partial charge is 0.246 e. The van der Waals surface area contributed by atoms with Crippen LogP contribution in [0.2, 0.25) is 0 Å². The molecular formula is C17H20N8O3S. The van der Waals surface area contributed by atoms with E-state index in [1.54, 1.807) is 49.3 Å². The Hall–Kier alpha value is -3.41. The van der Waals surface area contributed by atoms with Gasteiger partial charge in [-0.3, -0.25) is 14.3 Å². The summed E-state index contributed by atoms with van der Waals surface area (Å²) in [6.45, 7) is 0.0247. The second kappa shape index (κ2) is 9.68. The third kappa shape index (κ3) is 6.04. The Morgan fingerprint density at radius 1 is 1.14 bits per heavy atom. The average molecular weight is 416 g/mol. The molecule has 29 heavy (non-hydrogen) atoms. The lowest BCUT2D eigenvalue weighted by Crippen LogP contribution is -2.19. The molecule has 0 aliphatic carbocycles. The van der Waals surface area contributed by atoms with Crippen molar-refractivity contribution in [1.82, 2.24) is 30.0 Å². The van der Waals surface area contributed by atoms with Crippen molar-refractivity contribution >= 4 is 35.0 Å². The van der Waals surface area contributed by atoms with Crippen molar-refractivity contribution in [3.63, 3.8) is 0 Å². The molecule has 2 amide bonds. The number of amides is 2. The number of hydrogen-bond donors (Lipinski definition) is 2. The minimum Gasteiger partial charge on any atom is -0.497 e. The third-order valence-corrected chi connectivity index (χ3v) is 4.75. The van der Waals surface area contributed by atoms with Crippen molar-refractivity contribution in [1.29, 1.82) is 0 Å². The van der Waals surface area contributed by atoms with Crippen molar-refractivity contribution in [3.05, 3.63) is 36.7 Å². The number of aryl methyl sites for hydroxylation is 1. The zero-order chi connectivity index (χ0) is 20.6. The molecule has 0 bridgehead atoms. The van der Waals surface area contributed by atoms with Crippen LogP contribution in [-0.4, -0.2) is 54.7 Å². The van der Waals surface area contributed by atoms with Gasteiger partial charge in [0.15, 0.2) is 0 Å². The van der Waals surface area contributed by atoms with E-state index in [4.69, 9.17) is 4.74 Å². The lowest BCUT2D eigenvalue weighted by atomic mass is 10.3. The number of methoxy groups -OCH3 is 1. The van der Waals surface area contributed by atoms with E-state index in [-0.39, 0.29) is 18.4 Å². The minimum absolute atomic E-state index is 0.0247. The lowest BCUT2D eigenvalue weighted by molar-refractivity contribution is -0.117. The van der Waals surface area contributed by atoms with Gasteiger partial charge >= 0.3 is 0 Å². The van der Waals surface area contributed by atoms with Gasteiger partial charge in [0.2, 0.25) is 17.0 Å². The highest BCUT2D eigenvalue weighted by molar-refractivity contribution is 7.99. The predicted octanol–water partition coefficient (Wildman–Crippen LogP) is 1.17. The molecule has 11 nitrogen and oxygen atoms in total. The number of hydrogen-bond acceptors (Lipinski definition) is 8. The summed E-state index contributed by atoms with van der Waals surface area (Å²) in [7, 11) is 3.32. The molecule has 2 heterocycles. The van der Waals surface area contributed by atoms with Crippen LogP contribution in [0, 0.1) is 0 Å². The summed E-state index contributed by atoms with van der Waals surface area (Å²) < 4.78 is 8.08. The Kier molecular flexibility index (Phi) is 6.79. The molecule has 1 aromatic carbocycles. The number of tetrazole rings is 1. The largest absolute Gasteiger partial charge is 0.497 e. The van der Waals surface area contributed by atoms with E-state index in [1.165, 1.54) is 22.6 Å². The Morgan fingerprint density at radius 3 is 2.59 bits per heavy atom. The number of aromatic nitrogens is 6. The Bertz CT molecular complexity index is 969. The van der Waals surface area contributed by atoms with E-state index in [0.717, 1.165) is 0 Å². The summed E-state index contributed by atoms with van der Waals surface area (Å²) in [5.74, 6) is 0.861. The third-order valence-electron chi connectivity index (χ3n) is 3.74. The summed E-state index contributed by atoms with van der Waals surface area (Å²) in [6.07, 6.45) is 3.39. The fraction of sp³-hybridized carbons (Fsp3) is 0.294. The van der Waals surface area contributed by atoms with Crippen molar-refractivity contribution in [2.45, 2.75) is 18.1 Å². The highest BCUT2D eigenvalue weighted by atomic mass is 32.2. The highest BCUT2D eigenvalue weighted by Crippen LogP contribution is 2.16. The van der Waals surface area contributed by atoms with Crippen LogP contribution in [0.15, 0.2) is 41.8 Å². The zero-order valence-corrected chi connectivity index (χ0v) is 16.7. The van der Waals surface area contributed by atoms with Gasteiger partial charge in [0, 0.05) is 31.1 Å². The number of benzene rings is 1. The van der Waals surface area contributed by atoms with Crippen LogP contribution in [0.25, 0.3) is 0 Å². The molecule has 0 saturated carbocycles. The summed E-state index contributed by atoms with van der Waals surface area (Å²) in [5.41, 5.74) is 1.18. The van der Waals surface area contributed by atoms with E-state index in [1.807, 2.05) is 0 Å². The topological polar surface area (TPSA) is 129 Å². The van der Waals surface area contributed by atoms with E-state index >= 15 is 0 Å². The molecular weight excluding hydrogens is 396 g/mol. The standard InChI is InChI=1S/C17H20N8O3S/c1-24-17(21-22-23-24)29-8-7-15(26)20-13-9-18-25(10-13)11-16(27)19-12-3-5-14(28-2)6-4-12/h3-6,9-10H,7-8,11H2,1-2H3,(H,19,27)(H,20,26). The molecule has 0 spiro atoms. The first-order chi connectivity index (χ1) is 14.0. The Balaban J connectivity index is 1.42. The maximum atomic E-state index is 12.1. The first-order valence-corrected chi connectivity index (χ1v) is 9.63. The predicted molar refractivity (Wildman–Crippen MR) is 107 cm³/mol. The first kappa shape index (κ1) is 20.3. The van der Waals surface area contributed by atoms with Crippen LogP contribution in [0.5, 0.6) is 5.75 Å². The lowest BCUT2D eigenvalue weighted by Gasteiger charge is -2.06. The molecule has 3 aromatic rings. The van der Waals surface area contributed by atoms with Crippen molar-refractivity contribution in [2.24, 2.45) is 7.05 Å². The molecule has 0 radical (unpaired) electrons. The van der Waals surface area contributed by atoms with Crippen LogP contribution < -0.4 is 15.4 Å². The molecule has 0 saturated heterocycles. The SMILES string of the molecule is COc1ccc(NC(=O)Cn2cc(NC(=O)CCSc3nnnn3C)cn2)cc1. The average Bonchev–Trinajstić information content (AvgIpc) is 3.31. The summed E-state index contributed by atoms with van der Waals surface area (Å²) in [6, 6.07) is 7.02. The number of rotatable bonds is 9. The first-order valence-electron chi connectivity index (χ1n) is 8.65. The Labute approximate surface area is 170 Å². The molecule has 152 valence electrons. The monoisotopic (exact) mass is 416 g/mol. The maximum absolute atomic E-state index is 12.1. The van der Waals surface area contributed by atoms with E-state index in [9.17, 15) is 9.59 Å². The summed E-state index contributed by atoms with van der Waals surface area (Å²) >= 11 is 1.39. The summed E-state index contributed by atoms with van der Waals surface area (Å²) in [4.78, 5) is 24.2. The van der Waals surface area contributed by atoms with Crippen LogP contribution in [-0.2, 0) is 23.2 Å². The summed E-state index contributed by atoms with van der Waals surface area (Å²) in [5, 5.41) is 21.4. The molecule has 2 aromatic heterocycles. The van der Waals surface area contributed by atoms with Crippen LogP contribution in [0.1, 0.15) is 6.42 Å². The number of anilines is 2. The maximum Gasteiger partial charge on any atom is 0.246 e. The number of carbonyl (C=O) groups excluding carboxylic acids is 2. The van der Waals surface area contributed by atoms with Crippen LogP contribution in [0.3, 0.4) is 0 Å². The quantitative estimate of drug-likeness (QED) is 0.498. The second-order valence-corrected chi connectivity index (χ2v) is 7.00. The molecule has 0 unspecified atom stereocenters. The van der Waals surface area contributed by atoms with Gasteiger partial charge in [-0.1, -0.05) is 11.8 Å². The van der Waals surface area contributed by atoms with Gasteiger partial charge in [-0.05, 0) is 34.7 Å². The van der Waals surface area contributed by atoms with Gasteiger partial charge in [0.1, 0.15) is 12.3 Å². The molecule has 0 fully saturated rings. The van der Waals surface area contributed by atoms with Gasteiger partial charge in [-0.2, -0.15) is 5.10 Å². The van der Waals surface area contributed by atoms with Crippen LogP contribution in [0.4, 0.5) is 11.4 Å². The fourth-order valence-electron chi connectivity index (χ4n) is 2.34. The van der Waals surface area contributed by atoms with Crippen molar-refractivity contribution < 1.29 is 14.3 Å². The van der Waals surface area contributed by atoms with E-state index < -0.39 is 0 Å². The van der Waals surface area contributed by atoms with E-state index in [2.05, 4.69) is 31.3 Å². The van der Waals surface area contributed by atoms with Gasteiger partial charge in [-0.15, -0.1) is 5.10 Å². The molecule has 0 aliphatic heterocycles. The zero-order valence-electron chi connectivity index (χ0n) is 15.9. The van der Waals surface area contributed by atoms with Gasteiger partial charge < -0.3 is 15.4 Å². The number of ether oxygens (including phenoxy) is 1. The highest BCUT2D eigenvalue weighted by Gasteiger charge is 2.09. The molecule has 0 aliphatic rings. The molecule has 3 rings (SSSR count). The number of carbonyl (C=O) groups is 2. The van der Waals surface area contributed by atoms with Gasteiger partial charge in [0.05, 0.1) is 19.0 Å².